The molecule has 0 aliphatic heterocycles. The lowest BCUT2D eigenvalue weighted by Gasteiger charge is -2.19. The van der Waals surface area contributed by atoms with E-state index < -0.39 is 0 Å². The fraction of sp³-hybridized carbons (Fsp3) is 0.127. The average Bonchev–Trinajstić information content (AvgIpc) is 3.91. The van der Waals surface area contributed by atoms with Gasteiger partial charge in [0.25, 0.3) is 0 Å². The first-order chi connectivity index (χ1) is 36.2. The van der Waals surface area contributed by atoms with Gasteiger partial charge in [-0.15, -0.1) is 0 Å². The van der Waals surface area contributed by atoms with Crippen molar-refractivity contribution < 1.29 is 0 Å². The number of aryl methyl sites for hydroxylation is 9. The van der Waals surface area contributed by atoms with Crippen molar-refractivity contribution >= 4 is 43.6 Å². The lowest BCUT2D eigenvalue weighted by molar-refractivity contribution is 1.13. The number of nitriles is 2. The van der Waals surface area contributed by atoms with E-state index in [1.807, 2.05) is 19.1 Å². The summed E-state index contributed by atoms with van der Waals surface area (Å²) < 4.78 is 4.63. The average molecular weight is 965 g/mol. The van der Waals surface area contributed by atoms with E-state index in [1.54, 1.807) is 0 Å². The monoisotopic (exact) mass is 964 g/mol. The van der Waals surface area contributed by atoms with E-state index in [0.717, 1.165) is 93.9 Å². The predicted molar refractivity (Wildman–Crippen MR) is 314 cm³/mol. The van der Waals surface area contributed by atoms with Crippen LogP contribution in [0.2, 0.25) is 0 Å². The fourth-order valence-corrected chi connectivity index (χ4v) is 12.1. The lowest BCUT2D eigenvalue weighted by atomic mass is 9.95. The van der Waals surface area contributed by atoms with Gasteiger partial charge in [-0.25, -0.2) is 0 Å². The quantitative estimate of drug-likeness (QED) is 0.160. The third-order valence-corrected chi connectivity index (χ3v) is 15.5. The SMILES string of the molecule is Cc1cc(C#N)cc(-c2cc(-n3c4ccc(-c5ccc(C)cc5C)cc4c4cc(-c5ccc(C)cc5C)ccc43)c(C#N)cc2-n2c3ccc(-c4ccc(C)cc4C)cc3c3cc(-c4ccc(C)cc4C)ccc32)c1. The maximum absolute atomic E-state index is 11.6. The van der Waals surface area contributed by atoms with Gasteiger partial charge in [-0.3, -0.25) is 0 Å². The zero-order valence-electron chi connectivity index (χ0n) is 44.0. The molecule has 75 heavy (non-hydrogen) atoms. The highest BCUT2D eigenvalue weighted by Crippen LogP contribution is 2.45. The Morgan fingerprint density at radius 3 is 0.973 bits per heavy atom. The van der Waals surface area contributed by atoms with Gasteiger partial charge in [0, 0.05) is 27.1 Å². The molecule has 0 fully saturated rings. The van der Waals surface area contributed by atoms with Crippen LogP contribution < -0.4 is 0 Å². The Kier molecular flexibility index (Phi) is 11.3. The van der Waals surface area contributed by atoms with Crippen molar-refractivity contribution in [1.29, 1.82) is 10.5 Å². The Balaban J connectivity index is 1.17. The van der Waals surface area contributed by atoms with E-state index in [-0.39, 0.29) is 0 Å². The molecule has 10 aromatic carbocycles. The summed E-state index contributed by atoms with van der Waals surface area (Å²) in [7, 11) is 0. The molecule has 360 valence electrons. The number of hydrogen-bond donors (Lipinski definition) is 0. The van der Waals surface area contributed by atoms with Crippen LogP contribution in [0.5, 0.6) is 0 Å². The number of hydrogen-bond acceptors (Lipinski definition) is 2. The second kappa shape index (κ2) is 18.1. The summed E-state index contributed by atoms with van der Waals surface area (Å²) in [5.74, 6) is 0. The third-order valence-electron chi connectivity index (χ3n) is 15.5. The summed E-state index contributed by atoms with van der Waals surface area (Å²) in [6.45, 7) is 19.4. The van der Waals surface area contributed by atoms with E-state index in [0.29, 0.717) is 11.1 Å². The van der Waals surface area contributed by atoms with E-state index in [1.165, 1.54) is 66.8 Å². The Bertz CT molecular complexity index is 4260. The van der Waals surface area contributed by atoms with Crippen molar-refractivity contribution in [2.24, 2.45) is 0 Å². The second-order valence-corrected chi connectivity index (χ2v) is 21.1. The van der Waals surface area contributed by atoms with Gasteiger partial charge in [0.15, 0.2) is 0 Å². The summed E-state index contributed by atoms with van der Waals surface area (Å²) in [5.41, 5.74) is 28.8. The first-order valence-electron chi connectivity index (χ1n) is 25.8. The number of aromatic nitrogens is 2. The number of fused-ring (bicyclic) bond motifs is 6. The summed E-state index contributed by atoms with van der Waals surface area (Å²) in [4.78, 5) is 0. The number of rotatable bonds is 7. The van der Waals surface area contributed by atoms with E-state index >= 15 is 0 Å². The van der Waals surface area contributed by atoms with E-state index in [9.17, 15) is 10.5 Å². The molecule has 0 spiro atoms. The fourth-order valence-electron chi connectivity index (χ4n) is 12.1. The molecule has 12 rings (SSSR count). The molecule has 0 aliphatic rings. The van der Waals surface area contributed by atoms with Crippen LogP contribution >= 0.6 is 0 Å². The molecule has 0 atom stereocenters. The van der Waals surface area contributed by atoms with Crippen LogP contribution in [0.3, 0.4) is 0 Å². The Hall–Kier alpha value is -9.22. The Morgan fingerprint density at radius 2 is 0.640 bits per heavy atom. The summed E-state index contributed by atoms with van der Waals surface area (Å²) >= 11 is 0. The van der Waals surface area contributed by atoms with Crippen molar-refractivity contribution in [2.75, 3.05) is 0 Å². The van der Waals surface area contributed by atoms with Crippen LogP contribution in [-0.2, 0) is 0 Å². The van der Waals surface area contributed by atoms with Crippen LogP contribution in [0.15, 0.2) is 176 Å². The summed E-state index contributed by atoms with van der Waals surface area (Å²) in [6.07, 6.45) is 0. The molecule has 4 heteroatoms. The van der Waals surface area contributed by atoms with Crippen LogP contribution in [0.4, 0.5) is 0 Å². The van der Waals surface area contributed by atoms with Gasteiger partial charge in [0.1, 0.15) is 6.07 Å². The molecule has 0 radical (unpaired) electrons. The van der Waals surface area contributed by atoms with Crippen molar-refractivity contribution in [1.82, 2.24) is 9.13 Å². The predicted octanol–water partition coefficient (Wildman–Crippen LogP) is 18.7. The van der Waals surface area contributed by atoms with Crippen molar-refractivity contribution in [3.8, 4) is 79.1 Å². The highest BCUT2D eigenvalue weighted by Gasteiger charge is 2.24. The lowest BCUT2D eigenvalue weighted by Crippen LogP contribution is -2.04. The standard InChI is InChI=1S/C71H56N4/c1-41-10-18-57(46(6)26-41)51-14-22-66-62(33-51)63-34-52(58-19-11-42(2)27-47(58)7)15-23-67(63)74(66)70-38-61(55-31-45(5)30-50(32-55)39-72)71(37-56(70)40-73)75-68-24-16-53(59-20-12-43(3)28-48(59)8)35-64(68)65-36-54(17-25-69(65)75)60-21-13-44(4)29-49(60)9/h10-38H,1-9H3. The molecule has 0 aliphatic carbocycles. The van der Waals surface area contributed by atoms with E-state index in [4.69, 9.17) is 0 Å². The maximum atomic E-state index is 11.6. The molecular formula is C71H56N4. The first kappa shape index (κ1) is 46.8. The molecule has 12 aromatic rings. The molecule has 2 aromatic heterocycles. The van der Waals surface area contributed by atoms with Gasteiger partial charge in [0.2, 0.25) is 0 Å². The Labute approximate surface area is 439 Å². The molecule has 4 nitrogen and oxygen atoms in total. The van der Waals surface area contributed by atoms with Gasteiger partial charge in [-0.1, -0.05) is 125 Å². The zero-order chi connectivity index (χ0) is 52.0. The van der Waals surface area contributed by atoms with Crippen molar-refractivity contribution in [3.63, 3.8) is 0 Å². The van der Waals surface area contributed by atoms with Gasteiger partial charge in [0.05, 0.1) is 50.6 Å². The zero-order valence-corrected chi connectivity index (χ0v) is 44.0. The Morgan fingerprint density at radius 1 is 0.280 bits per heavy atom. The normalized spacial score (nSPS) is 11.5. The molecule has 0 amide bonds. The van der Waals surface area contributed by atoms with Gasteiger partial charge in [-0.2, -0.15) is 10.5 Å². The molecule has 2 heterocycles. The molecule has 0 N–H and O–H groups in total. The van der Waals surface area contributed by atoms with Gasteiger partial charge in [-0.05, 0) is 213 Å². The van der Waals surface area contributed by atoms with Crippen LogP contribution in [0.1, 0.15) is 61.2 Å². The van der Waals surface area contributed by atoms with Gasteiger partial charge >= 0.3 is 0 Å². The maximum Gasteiger partial charge on any atom is 0.101 e. The molecule has 0 bridgehead atoms. The largest absolute Gasteiger partial charge is 0.309 e. The van der Waals surface area contributed by atoms with Crippen LogP contribution in [0, 0.1) is 85.0 Å². The second-order valence-electron chi connectivity index (χ2n) is 21.1. The third kappa shape index (κ3) is 7.99. The van der Waals surface area contributed by atoms with Crippen LogP contribution in [-0.4, -0.2) is 9.13 Å². The summed E-state index contributed by atoms with van der Waals surface area (Å²) in [5, 5.41) is 26.5. The highest BCUT2D eigenvalue weighted by atomic mass is 15.0. The first-order valence-corrected chi connectivity index (χ1v) is 25.8. The molecular weight excluding hydrogens is 909 g/mol. The van der Waals surface area contributed by atoms with Crippen molar-refractivity contribution in [2.45, 2.75) is 62.3 Å². The van der Waals surface area contributed by atoms with Gasteiger partial charge < -0.3 is 9.13 Å². The minimum Gasteiger partial charge on any atom is -0.309 e. The van der Waals surface area contributed by atoms with Crippen LogP contribution in [0.25, 0.3) is 111 Å². The smallest absolute Gasteiger partial charge is 0.101 e. The molecule has 0 saturated heterocycles. The number of nitrogens with zero attached hydrogens (tertiary/aromatic N) is 4. The number of benzene rings is 10. The molecule has 0 saturated carbocycles. The highest BCUT2D eigenvalue weighted by molar-refractivity contribution is 6.14. The topological polar surface area (TPSA) is 57.4 Å². The van der Waals surface area contributed by atoms with Crippen molar-refractivity contribution in [3.05, 3.63) is 237 Å². The molecule has 0 unspecified atom stereocenters. The van der Waals surface area contributed by atoms with E-state index in [2.05, 4.69) is 240 Å². The minimum atomic E-state index is 0.534. The minimum absolute atomic E-state index is 0.534. The summed E-state index contributed by atoms with van der Waals surface area (Å²) in [6, 6.07) is 69.4.